The van der Waals surface area contributed by atoms with Crippen molar-refractivity contribution in [1.29, 1.82) is 0 Å². The monoisotopic (exact) mass is 429 g/mol. The molecule has 2 saturated heterocycles. The number of rotatable bonds is 6. The summed E-state index contributed by atoms with van der Waals surface area (Å²) in [5.74, 6) is -0.233. The van der Waals surface area contributed by atoms with Gasteiger partial charge in [-0.1, -0.05) is 11.6 Å². The minimum absolute atomic E-state index is 0.0472. The first-order valence-electron chi connectivity index (χ1n) is 9.71. The van der Waals surface area contributed by atoms with E-state index in [1.54, 1.807) is 18.7 Å². The molecule has 3 rings (SSSR count). The maximum atomic E-state index is 13.0. The van der Waals surface area contributed by atoms with E-state index < -0.39 is 10.0 Å². The Kier molecular flexibility index (Phi) is 6.98. The fourth-order valence-electron chi connectivity index (χ4n) is 3.59. The van der Waals surface area contributed by atoms with Gasteiger partial charge < -0.3 is 9.64 Å². The third kappa shape index (κ3) is 5.24. The summed E-state index contributed by atoms with van der Waals surface area (Å²) in [4.78, 5) is 17.1. The van der Waals surface area contributed by atoms with E-state index in [1.807, 2.05) is 0 Å². The van der Waals surface area contributed by atoms with Crippen LogP contribution in [0.25, 0.3) is 0 Å². The molecule has 1 aromatic carbocycles. The first kappa shape index (κ1) is 21.5. The summed E-state index contributed by atoms with van der Waals surface area (Å²) >= 11 is 6.22. The standard InChI is InChI=1S/C19H28ClN3O4S/c1-14(2)21-28(25,26)16-5-6-18(20)17(12-16)19(24)23-9-7-22(8-10-23)13-15-4-3-11-27-15/h5-6,12,14-15,21H,3-4,7-11,13H2,1-2H3. The second-order valence-corrected chi connectivity index (χ2v) is 9.77. The lowest BCUT2D eigenvalue weighted by Gasteiger charge is -2.35. The average molecular weight is 430 g/mol. The van der Waals surface area contributed by atoms with Crippen LogP contribution in [0.5, 0.6) is 0 Å². The molecule has 1 N–H and O–H groups in total. The molecule has 9 heteroatoms. The summed E-state index contributed by atoms with van der Waals surface area (Å²) < 4.78 is 33.0. The van der Waals surface area contributed by atoms with Gasteiger partial charge in [0.25, 0.3) is 5.91 Å². The van der Waals surface area contributed by atoms with Gasteiger partial charge in [0.1, 0.15) is 0 Å². The number of benzene rings is 1. The molecule has 0 saturated carbocycles. The summed E-state index contributed by atoms with van der Waals surface area (Å²) in [6.45, 7) is 7.95. The molecule has 0 aromatic heterocycles. The van der Waals surface area contributed by atoms with Crippen molar-refractivity contribution in [3.63, 3.8) is 0 Å². The number of carbonyl (C=O) groups is 1. The number of nitrogens with one attached hydrogen (secondary N) is 1. The van der Waals surface area contributed by atoms with Crippen LogP contribution in [0.1, 0.15) is 37.0 Å². The smallest absolute Gasteiger partial charge is 0.255 e. The van der Waals surface area contributed by atoms with Crippen molar-refractivity contribution in [2.75, 3.05) is 39.3 Å². The zero-order valence-electron chi connectivity index (χ0n) is 16.4. The van der Waals surface area contributed by atoms with Crippen LogP contribution in [0.2, 0.25) is 5.02 Å². The molecule has 2 aliphatic heterocycles. The van der Waals surface area contributed by atoms with Gasteiger partial charge in [-0.3, -0.25) is 9.69 Å². The van der Waals surface area contributed by atoms with E-state index in [-0.39, 0.29) is 27.4 Å². The van der Waals surface area contributed by atoms with E-state index >= 15 is 0 Å². The Balaban J connectivity index is 1.66. The third-order valence-corrected chi connectivity index (χ3v) is 7.00. The molecule has 156 valence electrons. The maximum Gasteiger partial charge on any atom is 0.255 e. The molecule has 2 aliphatic rings. The van der Waals surface area contributed by atoms with Crippen molar-refractivity contribution >= 4 is 27.5 Å². The van der Waals surface area contributed by atoms with Crippen LogP contribution in [-0.4, -0.2) is 75.6 Å². The Hall–Kier alpha value is -1.19. The molecule has 2 fully saturated rings. The first-order valence-corrected chi connectivity index (χ1v) is 11.6. The lowest BCUT2D eigenvalue weighted by Crippen LogP contribution is -2.50. The molecule has 2 heterocycles. The summed E-state index contributed by atoms with van der Waals surface area (Å²) in [5, 5.41) is 0.260. The second-order valence-electron chi connectivity index (χ2n) is 7.65. The summed E-state index contributed by atoms with van der Waals surface area (Å²) in [6, 6.07) is 4.02. The number of hydrogen-bond acceptors (Lipinski definition) is 5. The molecule has 1 aromatic rings. The largest absolute Gasteiger partial charge is 0.377 e. The highest BCUT2D eigenvalue weighted by Gasteiger charge is 2.27. The van der Waals surface area contributed by atoms with Crippen LogP contribution < -0.4 is 4.72 Å². The van der Waals surface area contributed by atoms with Gasteiger partial charge in [-0.2, -0.15) is 0 Å². The molecular weight excluding hydrogens is 402 g/mol. The number of halogens is 1. The Morgan fingerprint density at radius 2 is 2.00 bits per heavy atom. The summed E-state index contributed by atoms with van der Waals surface area (Å²) in [5.41, 5.74) is 0.223. The van der Waals surface area contributed by atoms with Gasteiger partial charge in [0.2, 0.25) is 10.0 Å². The molecule has 0 bridgehead atoms. The minimum Gasteiger partial charge on any atom is -0.377 e. The van der Waals surface area contributed by atoms with Crippen molar-refractivity contribution in [2.24, 2.45) is 0 Å². The highest BCUT2D eigenvalue weighted by atomic mass is 35.5. The number of piperazine rings is 1. The van der Waals surface area contributed by atoms with Crippen LogP contribution in [0.4, 0.5) is 0 Å². The van der Waals surface area contributed by atoms with Gasteiger partial charge in [0.15, 0.2) is 0 Å². The van der Waals surface area contributed by atoms with Gasteiger partial charge >= 0.3 is 0 Å². The lowest BCUT2D eigenvalue weighted by atomic mass is 10.1. The van der Waals surface area contributed by atoms with Crippen molar-refractivity contribution in [3.8, 4) is 0 Å². The number of amides is 1. The normalized spacial score (nSPS) is 21.4. The van der Waals surface area contributed by atoms with Crippen LogP contribution >= 0.6 is 11.6 Å². The van der Waals surface area contributed by atoms with E-state index in [0.29, 0.717) is 19.2 Å². The van der Waals surface area contributed by atoms with E-state index in [1.165, 1.54) is 18.2 Å². The Morgan fingerprint density at radius 3 is 2.61 bits per heavy atom. The van der Waals surface area contributed by atoms with E-state index in [9.17, 15) is 13.2 Å². The fourth-order valence-corrected chi connectivity index (χ4v) is 5.07. The molecule has 1 unspecified atom stereocenters. The second kappa shape index (κ2) is 9.09. The van der Waals surface area contributed by atoms with Crippen molar-refractivity contribution in [3.05, 3.63) is 28.8 Å². The predicted octanol–water partition coefficient (Wildman–Crippen LogP) is 1.96. The van der Waals surface area contributed by atoms with Gasteiger partial charge in [-0.15, -0.1) is 0 Å². The SMILES string of the molecule is CC(C)NS(=O)(=O)c1ccc(Cl)c(C(=O)N2CCN(CC3CCCO3)CC2)c1. The number of nitrogens with zero attached hydrogens (tertiary/aromatic N) is 2. The van der Waals surface area contributed by atoms with Crippen molar-refractivity contribution in [1.82, 2.24) is 14.5 Å². The Labute approximate surface area is 172 Å². The Morgan fingerprint density at radius 1 is 1.29 bits per heavy atom. The molecule has 7 nitrogen and oxygen atoms in total. The highest BCUT2D eigenvalue weighted by Crippen LogP contribution is 2.23. The zero-order valence-corrected chi connectivity index (χ0v) is 17.9. The highest BCUT2D eigenvalue weighted by molar-refractivity contribution is 7.89. The predicted molar refractivity (Wildman–Crippen MR) is 108 cm³/mol. The van der Waals surface area contributed by atoms with Crippen molar-refractivity contribution in [2.45, 2.75) is 43.7 Å². The van der Waals surface area contributed by atoms with Crippen LogP contribution in [0.15, 0.2) is 23.1 Å². The van der Waals surface area contributed by atoms with Gasteiger partial charge in [-0.05, 0) is 44.9 Å². The van der Waals surface area contributed by atoms with E-state index in [2.05, 4.69) is 9.62 Å². The van der Waals surface area contributed by atoms with Gasteiger partial charge in [0.05, 0.1) is 21.6 Å². The molecule has 28 heavy (non-hydrogen) atoms. The molecule has 1 atom stereocenters. The quantitative estimate of drug-likeness (QED) is 0.747. The molecular formula is C19H28ClN3O4S. The summed E-state index contributed by atoms with van der Waals surface area (Å²) in [6.07, 6.45) is 2.51. The Bertz CT molecular complexity index is 801. The minimum atomic E-state index is -3.69. The average Bonchev–Trinajstić information content (AvgIpc) is 3.14. The number of sulfonamides is 1. The van der Waals surface area contributed by atoms with Crippen LogP contribution in [0.3, 0.4) is 0 Å². The third-order valence-electron chi connectivity index (χ3n) is 5.01. The zero-order chi connectivity index (χ0) is 20.3. The molecule has 1 amide bonds. The van der Waals surface area contributed by atoms with Crippen LogP contribution in [-0.2, 0) is 14.8 Å². The topological polar surface area (TPSA) is 79.0 Å². The molecule has 0 spiro atoms. The van der Waals surface area contributed by atoms with Crippen LogP contribution in [0, 0.1) is 0 Å². The fraction of sp³-hybridized carbons (Fsp3) is 0.632. The number of ether oxygens (including phenoxy) is 1. The first-order chi connectivity index (χ1) is 13.3. The molecule has 0 aliphatic carbocycles. The van der Waals surface area contributed by atoms with E-state index in [4.69, 9.17) is 16.3 Å². The number of carbonyl (C=O) groups excluding carboxylic acids is 1. The molecule has 0 radical (unpaired) electrons. The number of hydrogen-bond donors (Lipinski definition) is 1. The van der Waals surface area contributed by atoms with Gasteiger partial charge in [0, 0.05) is 45.4 Å². The van der Waals surface area contributed by atoms with E-state index in [0.717, 1.165) is 39.1 Å². The summed E-state index contributed by atoms with van der Waals surface area (Å²) in [7, 11) is -3.69. The van der Waals surface area contributed by atoms with Gasteiger partial charge in [-0.25, -0.2) is 13.1 Å². The lowest BCUT2D eigenvalue weighted by molar-refractivity contribution is 0.0432. The van der Waals surface area contributed by atoms with Crippen molar-refractivity contribution < 1.29 is 17.9 Å². The maximum absolute atomic E-state index is 13.0.